The van der Waals surface area contributed by atoms with Gasteiger partial charge in [-0.2, -0.15) is 5.26 Å². The van der Waals surface area contributed by atoms with Crippen molar-refractivity contribution in [2.75, 3.05) is 27.2 Å². The van der Waals surface area contributed by atoms with Gasteiger partial charge in [0.2, 0.25) is 0 Å². The van der Waals surface area contributed by atoms with Gasteiger partial charge >= 0.3 is 0 Å². The second-order valence-corrected chi connectivity index (χ2v) is 5.41. The van der Waals surface area contributed by atoms with Crippen molar-refractivity contribution in [2.24, 2.45) is 5.92 Å². The van der Waals surface area contributed by atoms with E-state index in [2.05, 4.69) is 32.0 Å². The zero-order valence-corrected chi connectivity index (χ0v) is 11.6. The largest absolute Gasteiger partial charge is 0.337 e. The summed E-state index contributed by atoms with van der Waals surface area (Å²) in [4.78, 5) is 16.5. The number of likely N-dealkylation sites (tertiary alicyclic amines) is 1. The van der Waals surface area contributed by atoms with Gasteiger partial charge in [0.05, 0.1) is 11.6 Å². The Morgan fingerprint density at radius 1 is 1.32 bits per heavy atom. The summed E-state index contributed by atoms with van der Waals surface area (Å²) >= 11 is 0. The minimum absolute atomic E-state index is 0.0562. The standard InChI is InChI=1S/C15H19N3O/c1-11-9-18(10-14(11)17(2)3)15(19)13-6-4-12(8-16)5-7-13/h4-7,11,14H,9-10H2,1-3H3. The minimum Gasteiger partial charge on any atom is -0.337 e. The van der Waals surface area contributed by atoms with Gasteiger partial charge in [-0.1, -0.05) is 6.92 Å². The van der Waals surface area contributed by atoms with E-state index in [4.69, 9.17) is 5.26 Å². The number of hydrogen-bond acceptors (Lipinski definition) is 3. The van der Waals surface area contributed by atoms with Gasteiger partial charge in [0, 0.05) is 24.7 Å². The normalized spacial score (nSPS) is 22.6. The number of carbonyl (C=O) groups is 1. The van der Waals surface area contributed by atoms with Crippen LogP contribution < -0.4 is 0 Å². The number of nitrogens with zero attached hydrogens (tertiary/aromatic N) is 3. The zero-order chi connectivity index (χ0) is 14.0. The molecular formula is C15H19N3O. The molecule has 0 saturated carbocycles. The fourth-order valence-corrected chi connectivity index (χ4v) is 2.66. The van der Waals surface area contributed by atoms with Gasteiger partial charge in [-0.15, -0.1) is 0 Å². The Morgan fingerprint density at radius 3 is 2.42 bits per heavy atom. The second-order valence-electron chi connectivity index (χ2n) is 5.41. The van der Waals surface area contributed by atoms with Crippen LogP contribution in [0.4, 0.5) is 0 Å². The molecule has 0 N–H and O–H groups in total. The maximum Gasteiger partial charge on any atom is 0.253 e. The zero-order valence-electron chi connectivity index (χ0n) is 11.6. The molecule has 0 radical (unpaired) electrons. The molecule has 19 heavy (non-hydrogen) atoms. The van der Waals surface area contributed by atoms with Gasteiger partial charge in [-0.05, 0) is 44.3 Å². The van der Waals surface area contributed by atoms with Gasteiger partial charge < -0.3 is 9.80 Å². The van der Waals surface area contributed by atoms with Crippen LogP contribution in [-0.4, -0.2) is 48.9 Å². The summed E-state index contributed by atoms with van der Waals surface area (Å²) in [5, 5.41) is 8.76. The maximum absolute atomic E-state index is 12.4. The SMILES string of the molecule is CC1CN(C(=O)c2ccc(C#N)cc2)CC1N(C)C. The van der Waals surface area contributed by atoms with E-state index < -0.39 is 0 Å². The van der Waals surface area contributed by atoms with Gasteiger partial charge in [0.25, 0.3) is 5.91 Å². The molecule has 0 aliphatic carbocycles. The minimum atomic E-state index is 0.0562. The summed E-state index contributed by atoms with van der Waals surface area (Å²) in [5.74, 6) is 0.540. The summed E-state index contributed by atoms with van der Waals surface area (Å²) in [5.41, 5.74) is 1.24. The molecule has 0 spiro atoms. The Bertz CT molecular complexity index is 501. The van der Waals surface area contributed by atoms with Crippen LogP contribution >= 0.6 is 0 Å². The Balaban J connectivity index is 2.10. The number of likely N-dealkylation sites (N-methyl/N-ethyl adjacent to an activating group) is 1. The summed E-state index contributed by atoms with van der Waals surface area (Å²) in [6.07, 6.45) is 0. The number of nitriles is 1. The third-order valence-corrected chi connectivity index (χ3v) is 3.78. The van der Waals surface area contributed by atoms with Crippen LogP contribution in [0.3, 0.4) is 0 Å². The van der Waals surface area contributed by atoms with Crippen molar-refractivity contribution in [3.63, 3.8) is 0 Å². The molecule has 1 fully saturated rings. The first-order valence-corrected chi connectivity index (χ1v) is 6.48. The highest BCUT2D eigenvalue weighted by molar-refractivity contribution is 5.94. The average molecular weight is 257 g/mol. The molecule has 1 saturated heterocycles. The first-order chi connectivity index (χ1) is 9.02. The predicted molar refractivity (Wildman–Crippen MR) is 73.7 cm³/mol. The molecule has 4 nitrogen and oxygen atoms in total. The van der Waals surface area contributed by atoms with Crippen molar-refractivity contribution in [1.82, 2.24) is 9.80 Å². The van der Waals surface area contributed by atoms with E-state index in [0.29, 0.717) is 23.1 Å². The molecule has 1 aliphatic rings. The molecule has 2 atom stereocenters. The average Bonchev–Trinajstić information content (AvgIpc) is 2.80. The fourth-order valence-electron chi connectivity index (χ4n) is 2.66. The van der Waals surface area contributed by atoms with Gasteiger partial charge in [-0.25, -0.2) is 0 Å². The number of carbonyl (C=O) groups excluding carboxylic acids is 1. The lowest BCUT2D eigenvalue weighted by Gasteiger charge is -2.22. The van der Waals surface area contributed by atoms with Crippen molar-refractivity contribution in [3.05, 3.63) is 35.4 Å². The predicted octanol–water partition coefficient (Wildman–Crippen LogP) is 1.58. The highest BCUT2D eigenvalue weighted by Crippen LogP contribution is 2.21. The molecule has 0 bridgehead atoms. The van der Waals surface area contributed by atoms with E-state index in [-0.39, 0.29) is 5.91 Å². The first kappa shape index (κ1) is 13.6. The molecular weight excluding hydrogens is 238 g/mol. The quantitative estimate of drug-likeness (QED) is 0.808. The lowest BCUT2D eigenvalue weighted by atomic mass is 10.1. The number of amides is 1. The van der Waals surface area contributed by atoms with Crippen molar-refractivity contribution in [3.8, 4) is 6.07 Å². The van der Waals surface area contributed by atoms with E-state index >= 15 is 0 Å². The van der Waals surface area contributed by atoms with Crippen LogP contribution in [0.1, 0.15) is 22.8 Å². The monoisotopic (exact) mass is 257 g/mol. The van der Waals surface area contributed by atoms with Gasteiger partial charge in [0.15, 0.2) is 0 Å². The number of benzene rings is 1. The van der Waals surface area contributed by atoms with Crippen LogP contribution in [0, 0.1) is 17.2 Å². The van der Waals surface area contributed by atoms with Gasteiger partial charge in [-0.3, -0.25) is 4.79 Å². The van der Waals surface area contributed by atoms with E-state index in [0.717, 1.165) is 13.1 Å². The maximum atomic E-state index is 12.4. The molecule has 1 aliphatic heterocycles. The second kappa shape index (κ2) is 5.41. The van der Waals surface area contributed by atoms with E-state index in [1.807, 2.05) is 4.90 Å². The Kier molecular flexibility index (Phi) is 3.87. The van der Waals surface area contributed by atoms with E-state index in [1.165, 1.54) is 0 Å². The van der Waals surface area contributed by atoms with Crippen molar-refractivity contribution >= 4 is 5.91 Å². The van der Waals surface area contributed by atoms with Crippen LogP contribution in [-0.2, 0) is 0 Å². The summed E-state index contributed by atoms with van der Waals surface area (Å²) < 4.78 is 0. The topological polar surface area (TPSA) is 47.3 Å². The number of rotatable bonds is 2. The summed E-state index contributed by atoms with van der Waals surface area (Å²) in [7, 11) is 4.10. The molecule has 1 aromatic carbocycles. The molecule has 100 valence electrons. The van der Waals surface area contributed by atoms with Gasteiger partial charge in [0.1, 0.15) is 0 Å². The molecule has 1 amide bonds. The van der Waals surface area contributed by atoms with Crippen LogP contribution in [0.2, 0.25) is 0 Å². The Morgan fingerprint density at radius 2 is 1.95 bits per heavy atom. The molecule has 0 aromatic heterocycles. The number of hydrogen-bond donors (Lipinski definition) is 0. The fraction of sp³-hybridized carbons (Fsp3) is 0.467. The van der Waals surface area contributed by atoms with Crippen LogP contribution in [0.5, 0.6) is 0 Å². The molecule has 1 heterocycles. The van der Waals surface area contributed by atoms with Crippen molar-refractivity contribution in [2.45, 2.75) is 13.0 Å². The summed E-state index contributed by atoms with van der Waals surface area (Å²) in [6, 6.07) is 9.32. The molecule has 2 unspecified atom stereocenters. The third-order valence-electron chi connectivity index (χ3n) is 3.78. The highest BCUT2D eigenvalue weighted by Gasteiger charge is 2.33. The van der Waals surface area contributed by atoms with Crippen molar-refractivity contribution in [1.29, 1.82) is 5.26 Å². The van der Waals surface area contributed by atoms with Crippen molar-refractivity contribution < 1.29 is 4.79 Å². The Labute approximate surface area is 114 Å². The molecule has 4 heteroatoms. The summed E-state index contributed by atoms with van der Waals surface area (Å²) in [6.45, 7) is 3.74. The molecule has 1 aromatic rings. The van der Waals surface area contributed by atoms with E-state index in [9.17, 15) is 4.79 Å². The first-order valence-electron chi connectivity index (χ1n) is 6.48. The highest BCUT2D eigenvalue weighted by atomic mass is 16.2. The third kappa shape index (κ3) is 2.77. The lowest BCUT2D eigenvalue weighted by molar-refractivity contribution is 0.0781. The van der Waals surface area contributed by atoms with Crippen LogP contribution in [0.15, 0.2) is 24.3 Å². The lowest BCUT2D eigenvalue weighted by Crippen LogP contribution is -2.35. The Hall–Kier alpha value is -1.86. The van der Waals surface area contributed by atoms with E-state index in [1.54, 1.807) is 24.3 Å². The smallest absolute Gasteiger partial charge is 0.253 e. The molecule has 2 rings (SSSR count). The van der Waals surface area contributed by atoms with Crippen LogP contribution in [0.25, 0.3) is 0 Å².